The number of aliphatic imine (C=N–C) groups is 2. The van der Waals surface area contributed by atoms with Crippen LogP contribution in [-0.2, 0) is 0 Å². The lowest BCUT2D eigenvalue weighted by atomic mass is 9.95. The lowest BCUT2D eigenvalue weighted by Gasteiger charge is -2.07. The Balaban J connectivity index is 0.000000289. The minimum Gasteiger partial charge on any atom is -0.257 e. The molecule has 0 amide bonds. The van der Waals surface area contributed by atoms with Crippen LogP contribution in [0.5, 0.6) is 0 Å². The molecule has 2 heteroatoms. The van der Waals surface area contributed by atoms with Crippen LogP contribution in [-0.4, -0.2) is 11.4 Å². The standard InChI is InChI=1S/C12H14.2C11H13N.3C2H6/c1-8-9(2)11-6-4-5-7-12(11)10(8)3;2*1-7-5-4-6-10-11(7)8(2)9(3)12-10;3*1-2/h4-8H,1-3H3;2*4-6,8H,1-3H3;3*1-2H3. The van der Waals surface area contributed by atoms with Crippen LogP contribution in [0.1, 0.15) is 124 Å². The van der Waals surface area contributed by atoms with Gasteiger partial charge in [0.15, 0.2) is 0 Å². The first-order valence-electron chi connectivity index (χ1n) is 16.2. The lowest BCUT2D eigenvalue weighted by Crippen LogP contribution is -2.22. The second-order valence-corrected chi connectivity index (χ2v) is 10.6. The van der Waals surface area contributed by atoms with Gasteiger partial charge in [0.1, 0.15) is 0 Å². The van der Waals surface area contributed by atoms with E-state index < -0.39 is 0 Å². The third-order valence-corrected chi connectivity index (χ3v) is 8.39. The molecule has 3 aromatic carbocycles. The Morgan fingerprint density at radius 3 is 1.07 bits per heavy atom. The summed E-state index contributed by atoms with van der Waals surface area (Å²) in [5.74, 6) is 1.67. The normalized spacial score (nSPS) is 17.0. The van der Waals surface area contributed by atoms with Gasteiger partial charge in [0.2, 0.25) is 0 Å². The molecule has 0 spiro atoms. The number of nitrogens with zero attached hydrogens (tertiary/aromatic N) is 2. The van der Waals surface area contributed by atoms with E-state index in [0.29, 0.717) is 17.8 Å². The van der Waals surface area contributed by atoms with E-state index in [2.05, 4.69) is 133 Å². The van der Waals surface area contributed by atoms with Crippen LogP contribution >= 0.6 is 0 Å². The molecular weight excluding hydrogens is 508 g/mol. The average molecular weight is 567 g/mol. The maximum Gasteiger partial charge on any atom is 0.0670 e. The summed E-state index contributed by atoms with van der Waals surface area (Å²) in [6.45, 7) is 31.7. The molecule has 2 aliphatic heterocycles. The van der Waals surface area contributed by atoms with Gasteiger partial charge in [0, 0.05) is 23.3 Å². The van der Waals surface area contributed by atoms with Gasteiger partial charge >= 0.3 is 0 Å². The van der Waals surface area contributed by atoms with Gasteiger partial charge in [-0.1, -0.05) is 122 Å². The molecule has 3 aliphatic rings. The molecule has 42 heavy (non-hydrogen) atoms. The van der Waals surface area contributed by atoms with Crippen molar-refractivity contribution in [3.63, 3.8) is 0 Å². The second kappa shape index (κ2) is 17.6. The molecular formula is C40H58N2. The zero-order chi connectivity index (χ0) is 32.1. The zero-order valence-electron chi connectivity index (χ0n) is 29.4. The Labute approximate surface area is 258 Å². The summed E-state index contributed by atoms with van der Waals surface area (Å²) < 4.78 is 0. The number of hydrogen-bond donors (Lipinski definition) is 0. The first-order valence-corrected chi connectivity index (χ1v) is 16.2. The Morgan fingerprint density at radius 2 is 0.762 bits per heavy atom. The fourth-order valence-corrected chi connectivity index (χ4v) is 5.61. The first kappa shape index (κ1) is 36.8. The van der Waals surface area contributed by atoms with Crippen LogP contribution in [0.4, 0.5) is 11.4 Å². The minimum absolute atomic E-state index is 0.515. The molecule has 1 aliphatic carbocycles. The Morgan fingerprint density at radius 1 is 0.429 bits per heavy atom. The monoisotopic (exact) mass is 566 g/mol. The average Bonchev–Trinajstić information content (AvgIpc) is 3.57. The maximum atomic E-state index is 4.51. The van der Waals surface area contributed by atoms with Gasteiger partial charge in [-0.15, -0.1) is 0 Å². The number of rotatable bonds is 0. The van der Waals surface area contributed by atoms with Crippen molar-refractivity contribution in [2.75, 3.05) is 0 Å². The molecule has 0 saturated carbocycles. The highest BCUT2D eigenvalue weighted by atomic mass is 14.8. The van der Waals surface area contributed by atoms with E-state index in [0.717, 1.165) is 0 Å². The van der Waals surface area contributed by atoms with Crippen LogP contribution in [0.25, 0.3) is 11.1 Å². The fraction of sp³-hybridized carbons (Fsp3) is 0.450. The lowest BCUT2D eigenvalue weighted by molar-refractivity contribution is 0.976. The summed E-state index contributed by atoms with van der Waals surface area (Å²) in [4.78, 5) is 9.02. The largest absolute Gasteiger partial charge is 0.257 e. The Hall–Kier alpha value is -3.26. The minimum atomic E-state index is 0.515. The van der Waals surface area contributed by atoms with Gasteiger partial charge in [0.05, 0.1) is 11.4 Å². The predicted octanol–water partition coefficient (Wildman–Crippen LogP) is 11.2. The predicted molar refractivity (Wildman–Crippen MR) is 192 cm³/mol. The third-order valence-electron chi connectivity index (χ3n) is 8.39. The highest BCUT2D eigenvalue weighted by Gasteiger charge is 2.22. The van der Waals surface area contributed by atoms with E-state index in [1.54, 1.807) is 0 Å². The molecule has 0 N–H and O–H groups in total. The molecule has 6 rings (SSSR count). The summed E-state index contributed by atoms with van der Waals surface area (Å²) in [7, 11) is 0. The van der Waals surface area contributed by atoms with Crippen molar-refractivity contribution in [3.8, 4) is 0 Å². The van der Waals surface area contributed by atoms with Gasteiger partial charge in [-0.3, -0.25) is 9.98 Å². The van der Waals surface area contributed by atoms with E-state index >= 15 is 0 Å². The molecule has 0 saturated heterocycles. The van der Waals surface area contributed by atoms with Gasteiger partial charge in [-0.05, 0) is 92.3 Å². The summed E-state index contributed by atoms with van der Waals surface area (Å²) in [6, 6.07) is 21.3. The van der Waals surface area contributed by atoms with Gasteiger partial charge < -0.3 is 0 Å². The third kappa shape index (κ3) is 8.18. The maximum absolute atomic E-state index is 4.51. The highest BCUT2D eigenvalue weighted by Crippen LogP contribution is 2.37. The van der Waals surface area contributed by atoms with Crippen molar-refractivity contribution in [1.82, 2.24) is 0 Å². The van der Waals surface area contributed by atoms with Crippen molar-refractivity contribution in [2.24, 2.45) is 15.9 Å². The van der Waals surface area contributed by atoms with E-state index in [1.165, 1.54) is 66.6 Å². The molecule has 228 valence electrons. The fourth-order valence-electron chi connectivity index (χ4n) is 5.61. The molecule has 0 radical (unpaired) electrons. The van der Waals surface area contributed by atoms with Crippen molar-refractivity contribution >= 4 is 33.9 Å². The quantitative estimate of drug-likeness (QED) is 0.258. The van der Waals surface area contributed by atoms with Crippen molar-refractivity contribution < 1.29 is 0 Å². The molecule has 0 aromatic heterocycles. The van der Waals surface area contributed by atoms with E-state index in [9.17, 15) is 0 Å². The molecule has 0 bridgehead atoms. The van der Waals surface area contributed by atoms with Crippen molar-refractivity contribution in [1.29, 1.82) is 0 Å². The van der Waals surface area contributed by atoms with Crippen molar-refractivity contribution in [2.45, 2.75) is 116 Å². The van der Waals surface area contributed by atoms with E-state index in [-0.39, 0.29) is 0 Å². The summed E-state index contributed by atoms with van der Waals surface area (Å²) in [6.07, 6.45) is 0. The van der Waals surface area contributed by atoms with Crippen LogP contribution in [0.15, 0.2) is 70.6 Å². The molecule has 0 fully saturated rings. The van der Waals surface area contributed by atoms with E-state index in [1.807, 2.05) is 41.5 Å². The van der Waals surface area contributed by atoms with Crippen LogP contribution in [0, 0.1) is 19.8 Å². The van der Waals surface area contributed by atoms with Crippen LogP contribution < -0.4 is 10.4 Å². The molecule has 3 aromatic rings. The van der Waals surface area contributed by atoms with Gasteiger partial charge in [-0.2, -0.15) is 0 Å². The first-order chi connectivity index (χ1) is 20.1. The zero-order valence-corrected chi connectivity index (χ0v) is 29.4. The molecule has 2 nitrogen and oxygen atoms in total. The Kier molecular flexibility index (Phi) is 15.4. The summed E-state index contributed by atoms with van der Waals surface area (Å²) >= 11 is 0. The summed E-state index contributed by atoms with van der Waals surface area (Å²) in [5.41, 5.74) is 13.4. The number of hydrogen-bond acceptors (Lipinski definition) is 2. The molecule has 2 atom stereocenters. The van der Waals surface area contributed by atoms with Crippen molar-refractivity contribution in [3.05, 3.63) is 93.4 Å². The van der Waals surface area contributed by atoms with Crippen LogP contribution in [0.2, 0.25) is 0 Å². The molecule has 2 unspecified atom stereocenters. The second-order valence-electron chi connectivity index (χ2n) is 10.6. The number of aryl methyl sites for hydroxylation is 2. The number of benzene rings is 3. The van der Waals surface area contributed by atoms with Gasteiger partial charge in [0.25, 0.3) is 0 Å². The number of fused-ring (bicyclic) bond motifs is 3. The highest BCUT2D eigenvalue weighted by molar-refractivity contribution is 5.97. The van der Waals surface area contributed by atoms with Gasteiger partial charge in [-0.25, -0.2) is 0 Å². The van der Waals surface area contributed by atoms with Crippen LogP contribution in [0.3, 0.4) is 0 Å². The molecule has 2 heterocycles. The SMILES string of the molecule is CC.CC.CC.CC1=Nc2cccc(C)c2C1C.CC1=Nc2cccc(C)c2C1C.CC1=c2ccccc2=C(C)C1C. The summed E-state index contributed by atoms with van der Waals surface area (Å²) in [5, 5.41) is 2.89. The Bertz CT molecular complexity index is 1370. The van der Waals surface area contributed by atoms with E-state index in [4.69, 9.17) is 0 Å². The topological polar surface area (TPSA) is 24.7 Å². The smallest absolute Gasteiger partial charge is 0.0670 e.